The molecule has 5 heteroatoms. The number of anilines is 1. The molecule has 0 aliphatic carbocycles. The number of benzene rings is 1. The summed E-state index contributed by atoms with van der Waals surface area (Å²) in [6.45, 7) is 3.50. The third kappa shape index (κ3) is 3.00. The number of aryl methyl sites for hydroxylation is 1. The summed E-state index contributed by atoms with van der Waals surface area (Å²) in [5, 5.41) is 11.6. The van der Waals surface area contributed by atoms with Crippen LogP contribution < -0.4 is 4.90 Å². The highest BCUT2D eigenvalue weighted by atomic mass is 79.9. The number of aromatic nitrogens is 1. The normalized spacial score (nSPS) is 17.5. The second-order valence-corrected chi connectivity index (χ2v) is 7.00. The summed E-state index contributed by atoms with van der Waals surface area (Å²) in [7, 11) is 0. The van der Waals surface area contributed by atoms with Crippen LogP contribution in [0.3, 0.4) is 0 Å². The van der Waals surface area contributed by atoms with Gasteiger partial charge in [0, 0.05) is 28.1 Å². The predicted molar refractivity (Wildman–Crippen MR) is 93.5 cm³/mol. The highest BCUT2D eigenvalue weighted by molar-refractivity contribution is 9.10. The van der Waals surface area contributed by atoms with E-state index in [1.807, 2.05) is 43.3 Å². The van der Waals surface area contributed by atoms with Crippen LogP contribution >= 0.6 is 27.5 Å². The van der Waals surface area contributed by atoms with E-state index in [4.69, 9.17) is 11.6 Å². The van der Waals surface area contributed by atoms with Crippen LogP contribution in [0.1, 0.15) is 24.1 Å². The van der Waals surface area contributed by atoms with Crippen molar-refractivity contribution >= 4 is 33.3 Å². The minimum Gasteiger partial charge on any atom is -0.385 e. The van der Waals surface area contributed by atoms with Crippen molar-refractivity contribution in [2.24, 2.45) is 0 Å². The molecule has 1 aliphatic heterocycles. The molecule has 0 bridgehead atoms. The van der Waals surface area contributed by atoms with Gasteiger partial charge in [0.25, 0.3) is 0 Å². The number of pyridine rings is 1. The van der Waals surface area contributed by atoms with E-state index in [2.05, 4.69) is 25.8 Å². The van der Waals surface area contributed by atoms with Crippen molar-refractivity contribution in [1.82, 2.24) is 4.98 Å². The van der Waals surface area contributed by atoms with E-state index in [1.165, 1.54) is 0 Å². The molecule has 116 valence electrons. The van der Waals surface area contributed by atoms with Gasteiger partial charge in [-0.05, 0) is 53.9 Å². The molecule has 3 nitrogen and oxygen atoms in total. The lowest BCUT2D eigenvalue weighted by Crippen LogP contribution is -2.43. The minimum absolute atomic E-state index is 0.635. The SMILES string of the molecule is Cc1nc(N2CCC(O)(c3ccccc3Cl)CC2)ccc1Br. The maximum atomic E-state index is 10.9. The summed E-state index contributed by atoms with van der Waals surface area (Å²) in [4.78, 5) is 6.82. The standard InChI is InChI=1S/C17H18BrClN2O/c1-12-14(18)6-7-16(20-12)21-10-8-17(22,9-11-21)13-4-2-3-5-15(13)19/h2-7,22H,8-11H2,1H3. The van der Waals surface area contributed by atoms with Crippen molar-refractivity contribution in [3.63, 3.8) is 0 Å². The zero-order valence-corrected chi connectivity index (χ0v) is 14.7. The zero-order valence-electron chi connectivity index (χ0n) is 12.4. The van der Waals surface area contributed by atoms with Crippen molar-refractivity contribution in [2.45, 2.75) is 25.4 Å². The largest absolute Gasteiger partial charge is 0.385 e. The van der Waals surface area contributed by atoms with Crippen molar-refractivity contribution in [3.8, 4) is 0 Å². The first-order valence-corrected chi connectivity index (χ1v) is 8.52. The van der Waals surface area contributed by atoms with Crippen LogP contribution in [-0.4, -0.2) is 23.2 Å². The second kappa shape index (κ2) is 6.19. The van der Waals surface area contributed by atoms with Gasteiger partial charge in [-0.2, -0.15) is 0 Å². The van der Waals surface area contributed by atoms with Gasteiger partial charge < -0.3 is 10.0 Å². The van der Waals surface area contributed by atoms with Gasteiger partial charge in [0.1, 0.15) is 5.82 Å². The first kappa shape index (κ1) is 15.8. The molecule has 1 aromatic carbocycles. The van der Waals surface area contributed by atoms with E-state index in [-0.39, 0.29) is 0 Å². The Labute approximate surface area is 144 Å². The number of halogens is 2. The fourth-order valence-electron chi connectivity index (χ4n) is 2.92. The number of rotatable bonds is 2. The maximum absolute atomic E-state index is 10.9. The summed E-state index contributed by atoms with van der Waals surface area (Å²) in [5.41, 5.74) is 0.958. The van der Waals surface area contributed by atoms with Crippen molar-refractivity contribution in [3.05, 3.63) is 57.2 Å². The molecule has 0 unspecified atom stereocenters. The van der Waals surface area contributed by atoms with Crippen molar-refractivity contribution in [2.75, 3.05) is 18.0 Å². The Morgan fingerprint density at radius 2 is 1.86 bits per heavy atom. The number of hydrogen-bond donors (Lipinski definition) is 1. The quantitative estimate of drug-likeness (QED) is 0.843. The Balaban J connectivity index is 1.77. The lowest BCUT2D eigenvalue weighted by molar-refractivity contribution is 0.0117. The third-order valence-electron chi connectivity index (χ3n) is 4.30. The van der Waals surface area contributed by atoms with Crippen LogP contribution in [0.15, 0.2) is 40.9 Å². The molecule has 0 amide bonds. The zero-order chi connectivity index (χ0) is 15.7. The molecule has 1 saturated heterocycles. The average Bonchev–Trinajstić information content (AvgIpc) is 2.51. The number of piperidine rings is 1. The molecule has 22 heavy (non-hydrogen) atoms. The molecule has 2 heterocycles. The smallest absolute Gasteiger partial charge is 0.128 e. The summed E-state index contributed by atoms with van der Waals surface area (Å²) in [5.74, 6) is 0.960. The molecule has 0 spiro atoms. The van der Waals surface area contributed by atoms with Crippen LogP contribution in [0.5, 0.6) is 0 Å². The van der Waals surface area contributed by atoms with Gasteiger partial charge in [-0.15, -0.1) is 0 Å². The summed E-state index contributed by atoms with van der Waals surface area (Å²) in [6.07, 6.45) is 1.29. The van der Waals surface area contributed by atoms with Gasteiger partial charge in [0.2, 0.25) is 0 Å². The molecule has 1 aliphatic rings. The first-order chi connectivity index (χ1) is 10.5. The van der Waals surface area contributed by atoms with Gasteiger partial charge >= 0.3 is 0 Å². The molecule has 0 atom stereocenters. The fourth-order valence-corrected chi connectivity index (χ4v) is 3.45. The molecule has 2 aromatic rings. The maximum Gasteiger partial charge on any atom is 0.128 e. The predicted octanol–water partition coefficient (Wildman–Crippen LogP) is 4.29. The minimum atomic E-state index is -0.848. The van der Waals surface area contributed by atoms with E-state index in [1.54, 1.807) is 0 Å². The van der Waals surface area contributed by atoms with E-state index in [9.17, 15) is 5.11 Å². The van der Waals surface area contributed by atoms with Crippen LogP contribution in [0.25, 0.3) is 0 Å². The monoisotopic (exact) mass is 380 g/mol. The third-order valence-corrected chi connectivity index (χ3v) is 5.46. The lowest BCUT2D eigenvalue weighted by atomic mass is 9.84. The number of nitrogens with zero attached hydrogens (tertiary/aromatic N) is 2. The van der Waals surface area contributed by atoms with E-state index in [0.717, 1.165) is 34.6 Å². The molecule has 0 radical (unpaired) electrons. The molecular formula is C17H18BrClN2O. The number of aliphatic hydroxyl groups is 1. The molecule has 1 aromatic heterocycles. The van der Waals surface area contributed by atoms with Gasteiger partial charge in [-0.1, -0.05) is 29.8 Å². The van der Waals surface area contributed by atoms with Gasteiger partial charge in [0.05, 0.1) is 11.3 Å². The van der Waals surface area contributed by atoms with E-state index in [0.29, 0.717) is 17.9 Å². The summed E-state index contributed by atoms with van der Waals surface area (Å²) < 4.78 is 1.01. The van der Waals surface area contributed by atoms with E-state index >= 15 is 0 Å². The Kier molecular flexibility index (Phi) is 4.44. The van der Waals surface area contributed by atoms with Crippen LogP contribution in [0.4, 0.5) is 5.82 Å². The average molecular weight is 382 g/mol. The van der Waals surface area contributed by atoms with Crippen LogP contribution in [-0.2, 0) is 5.60 Å². The topological polar surface area (TPSA) is 36.4 Å². The Hall–Kier alpha value is -1.10. The molecule has 1 fully saturated rings. The second-order valence-electron chi connectivity index (χ2n) is 5.74. The Bertz CT molecular complexity index is 684. The summed E-state index contributed by atoms with van der Waals surface area (Å²) >= 11 is 9.72. The first-order valence-electron chi connectivity index (χ1n) is 7.35. The van der Waals surface area contributed by atoms with Crippen molar-refractivity contribution < 1.29 is 5.11 Å². The van der Waals surface area contributed by atoms with Gasteiger partial charge in [0.15, 0.2) is 0 Å². The molecule has 1 N–H and O–H groups in total. The lowest BCUT2D eigenvalue weighted by Gasteiger charge is -2.39. The highest BCUT2D eigenvalue weighted by Crippen LogP contribution is 2.37. The highest BCUT2D eigenvalue weighted by Gasteiger charge is 2.35. The molecule has 3 rings (SSSR count). The Morgan fingerprint density at radius 3 is 2.50 bits per heavy atom. The number of hydrogen-bond acceptors (Lipinski definition) is 3. The Morgan fingerprint density at radius 1 is 1.18 bits per heavy atom. The van der Waals surface area contributed by atoms with Crippen molar-refractivity contribution in [1.29, 1.82) is 0 Å². The van der Waals surface area contributed by atoms with Gasteiger partial charge in [-0.3, -0.25) is 0 Å². The fraction of sp³-hybridized carbons (Fsp3) is 0.353. The van der Waals surface area contributed by atoms with Gasteiger partial charge in [-0.25, -0.2) is 4.98 Å². The summed E-state index contributed by atoms with van der Waals surface area (Å²) in [6, 6.07) is 11.6. The molecular weight excluding hydrogens is 364 g/mol. The molecule has 0 saturated carbocycles. The van der Waals surface area contributed by atoms with Crippen LogP contribution in [0, 0.1) is 6.92 Å². The van der Waals surface area contributed by atoms with Crippen LogP contribution in [0.2, 0.25) is 5.02 Å². The van der Waals surface area contributed by atoms with E-state index < -0.39 is 5.60 Å².